The average Bonchev–Trinajstić information content (AvgIpc) is 2.95. The number of carbonyl (C=O) groups excluding carboxylic acids is 1. The number of nitrogens with zero attached hydrogens (tertiary/aromatic N) is 1. The van der Waals surface area contributed by atoms with Crippen molar-refractivity contribution in [2.24, 2.45) is 0 Å². The molecule has 1 aliphatic rings. The Labute approximate surface area is 179 Å². The van der Waals surface area contributed by atoms with Crippen molar-refractivity contribution in [3.05, 3.63) is 70.1 Å². The quantitative estimate of drug-likeness (QED) is 0.489. The van der Waals surface area contributed by atoms with Crippen molar-refractivity contribution in [2.45, 2.75) is 26.4 Å². The van der Waals surface area contributed by atoms with Crippen molar-refractivity contribution >= 4 is 46.3 Å². The van der Waals surface area contributed by atoms with Gasteiger partial charge in [-0.05, 0) is 31.1 Å². The number of amides is 1. The zero-order chi connectivity index (χ0) is 20.8. The lowest BCUT2D eigenvalue weighted by Gasteiger charge is -2.13. The highest BCUT2D eigenvalue weighted by molar-refractivity contribution is 8.26. The van der Waals surface area contributed by atoms with Gasteiger partial charge in [-0.25, -0.2) is 0 Å². The Morgan fingerprint density at radius 2 is 1.93 bits per heavy atom. The summed E-state index contributed by atoms with van der Waals surface area (Å²) < 4.78 is 6.43. The number of para-hydroxylation sites is 1. The summed E-state index contributed by atoms with van der Waals surface area (Å²) in [6.07, 6.45) is 2.15. The van der Waals surface area contributed by atoms with Crippen LogP contribution < -0.4 is 4.74 Å². The third kappa shape index (κ3) is 5.68. The highest BCUT2D eigenvalue weighted by atomic mass is 32.2. The highest BCUT2D eigenvalue weighted by Crippen LogP contribution is 2.34. The van der Waals surface area contributed by atoms with Crippen LogP contribution in [0.2, 0.25) is 0 Å². The minimum absolute atomic E-state index is 0.00575. The van der Waals surface area contributed by atoms with Gasteiger partial charge in [0, 0.05) is 18.5 Å². The van der Waals surface area contributed by atoms with E-state index in [0.717, 1.165) is 11.1 Å². The molecule has 0 bridgehead atoms. The molecule has 3 rings (SSSR count). The van der Waals surface area contributed by atoms with Crippen molar-refractivity contribution < 1.29 is 19.4 Å². The van der Waals surface area contributed by atoms with E-state index >= 15 is 0 Å². The second-order valence-corrected chi connectivity index (χ2v) is 8.32. The number of thiocarbonyl (C=S) groups is 1. The van der Waals surface area contributed by atoms with Crippen LogP contribution in [0, 0.1) is 6.92 Å². The number of benzene rings is 2. The van der Waals surface area contributed by atoms with Gasteiger partial charge in [0.25, 0.3) is 5.91 Å². The van der Waals surface area contributed by atoms with E-state index in [0.29, 0.717) is 34.5 Å². The van der Waals surface area contributed by atoms with Gasteiger partial charge in [-0.1, -0.05) is 72.0 Å². The second kappa shape index (κ2) is 9.71. The van der Waals surface area contributed by atoms with Gasteiger partial charge in [-0.3, -0.25) is 14.5 Å². The SMILES string of the molecule is Cc1ccc(COc2ccccc2/C=C2/SC(=S)N(CCCC(=O)O)C2=O)cc1. The fourth-order valence-electron chi connectivity index (χ4n) is 2.80. The molecule has 1 saturated heterocycles. The molecule has 2 aromatic carbocycles. The monoisotopic (exact) mass is 427 g/mol. The number of hydrogen-bond acceptors (Lipinski definition) is 5. The van der Waals surface area contributed by atoms with Gasteiger partial charge >= 0.3 is 5.97 Å². The van der Waals surface area contributed by atoms with E-state index in [2.05, 4.69) is 0 Å². The fraction of sp³-hybridized carbons (Fsp3) is 0.227. The summed E-state index contributed by atoms with van der Waals surface area (Å²) in [5, 5.41) is 8.78. The molecule has 0 aromatic heterocycles. The number of rotatable bonds is 8. The normalized spacial score (nSPS) is 15.2. The first-order chi connectivity index (χ1) is 13.9. The van der Waals surface area contributed by atoms with Gasteiger partial charge in [0.2, 0.25) is 0 Å². The van der Waals surface area contributed by atoms with Crippen molar-refractivity contribution in [1.82, 2.24) is 4.90 Å². The molecular formula is C22H21NO4S2. The zero-order valence-electron chi connectivity index (χ0n) is 16.0. The number of carboxylic acid groups (broad SMARTS) is 1. The minimum Gasteiger partial charge on any atom is -0.488 e. The van der Waals surface area contributed by atoms with Crippen LogP contribution in [0.1, 0.15) is 29.5 Å². The maximum atomic E-state index is 12.7. The van der Waals surface area contributed by atoms with Gasteiger partial charge in [0.15, 0.2) is 0 Å². The Morgan fingerprint density at radius 3 is 2.66 bits per heavy atom. The van der Waals surface area contributed by atoms with Crippen LogP contribution in [0.25, 0.3) is 6.08 Å². The summed E-state index contributed by atoms with van der Waals surface area (Å²) in [6, 6.07) is 15.7. The maximum Gasteiger partial charge on any atom is 0.303 e. The molecule has 29 heavy (non-hydrogen) atoms. The van der Waals surface area contributed by atoms with Gasteiger partial charge in [-0.15, -0.1) is 0 Å². The van der Waals surface area contributed by atoms with Crippen molar-refractivity contribution in [3.8, 4) is 5.75 Å². The van der Waals surface area contributed by atoms with Crippen LogP contribution in [0.3, 0.4) is 0 Å². The predicted molar refractivity (Wildman–Crippen MR) is 119 cm³/mol. The Hall–Kier alpha value is -2.64. The summed E-state index contributed by atoms with van der Waals surface area (Å²) in [7, 11) is 0. The summed E-state index contributed by atoms with van der Waals surface area (Å²) in [5.74, 6) is -0.395. The lowest BCUT2D eigenvalue weighted by atomic mass is 10.1. The summed E-state index contributed by atoms with van der Waals surface area (Å²) >= 11 is 6.52. The molecule has 2 aromatic rings. The Morgan fingerprint density at radius 1 is 1.21 bits per heavy atom. The smallest absolute Gasteiger partial charge is 0.303 e. The van der Waals surface area contributed by atoms with Gasteiger partial charge in [-0.2, -0.15) is 0 Å². The largest absolute Gasteiger partial charge is 0.488 e. The molecule has 7 heteroatoms. The summed E-state index contributed by atoms with van der Waals surface area (Å²) in [6.45, 7) is 2.78. The lowest BCUT2D eigenvalue weighted by Crippen LogP contribution is -2.29. The number of ether oxygens (including phenoxy) is 1. The molecule has 0 aliphatic carbocycles. The van der Waals surface area contributed by atoms with Gasteiger partial charge < -0.3 is 9.84 Å². The molecule has 1 amide bonds. The van der Waals surface area contributed by atoms with Crippen LogP contribution in [0.15, 0.2) is 53.4 Å². The number of aryl methyl sites for hydroxylation is 1. The molecule has 0 atom stereocenters. The van der Waals surface area contributed by atoms with Crippen molar-refractivity contribution in [2.75, 3.05) is 6.54 Å². The molecule has 0 saturated carbocycles. The Kier molecular flexibility index (Phi) is 7.06. The first-order valence-electron chi connectivity index (χ1n) is 9.18. The molecular weight excluding hydrogens is 406 g/mol. The van der Waals surface area contributed by atoms with Crippen LogP contribution in [0.4, 0.5) is 0 Å². The summed E-state index contributed by atoms with van der Waals surface area (Å²) in [5.41, 5.74) is 3.06. The number of hydrogen-bond donors (Lipinski definition) is 1. The molecule has 1 heterocycles. The Balaban J connectivity index is 1.71. The van der Waals surface area contributed by atoms with E-state index in [9.17, 15) is 9.59 Å². The second-order valence-electron chi connectivity index (χ2n) is 6.64. The zero-order valence-corrected chi connectivity index (χ0v) is 17.6. The van der Waals surface area contributed by atoms with E-state index < -0.39 is 5.97 Å². The number of thioether (sulfide) groups is 1. The number of carbonyl (C=O) groups is 2. The van der Waals surface area contributed by atoms with E-state index in [1.807, 2.05) is 55.5 Å². The number of aliphatic carboxylic acids is 1. The molecule has 0 unspecified atom stereocenters. The maximum absolute atomic E-state index is 12.7. The molecule has 1 N–H and O–H groups in total. The predicted octanol–water partition coefficient (Wildman–Crippen LogP) is 4.64. The molecule has 1 fully saturated rings. The van der Waals surface area contributed by atoms with Crippen LogP contribution in [-0.4, -0.2) is 32.7 Å². The first-order valence-corrected chi connectivity index (χ1v) is 10.4. The Bertz CT molecular complexity index is 954. The number of carboxylic acids is 1. The van der Waals surface area contributed by atoms with Crippen LogP contribution in [-0.2, 0) is 16.2 Å². The summed E-state index contributed by atoms with van der Waals surface area (Å²) in [4.78, 5) is 25.3. The molecule has 150 valence electrons. The van der Waals surface area contributed by atoms with Crippen molar-refractivity contribution in [3.63, 3.8) is 0 Å². The molecule has 1 aliphatic heterocycles. The molecule has 5 nitrogen and oxygen atoms in total. The highest BCUT2D eigenvalue weighted by Gasteiger charge is 2.31. The third-order valence-electron chi connectivity index (χ3n) is 4.37. The van der Waals surface area contributed by atoms with Gasteiger partial charge in [0.1, 0.15) is 16.7 Å². The van der Waals surface area contributed by atoms with E-state index in [1.165, 1.54) is 22.2 Å². The van der Waals surface area contributed by atoms with E-state index in [1.54, 1.807) is 6.08 Å². The topological polar surface area (TPSA) is 66.8 Å². The fourth-order valence-corrected chi connectivity index (χ4v) is 4.10. The molecule has 0 radical (unpaired) electrons. The van der Waals surface area contributed by atoms with Crippen molar-refractivity contribution in [1.29, 1.82) is 0 Å². The van der Waals surface area contributed by atoms with Crippen LogP contribution in [0.5, 0.6) is 5.75 Å². The minimum atomic E-state index is -0.884. The van der Waals surface area contributed by atoms with Gasteiger partial charge in [0.05, 0.1) is 4.91 Å². The van der Waals surface area contributed by atoms with E-state index in [-0.39, 0.29) is 12.3 Å². The standard InChI is InChI=1S/C22H21NO4S2/c1-15-8-10-16(11-9-15)14-27-18-6-3-2-5-17(18)13-19-21(26)23(22(28)29-19)12-4-7-20(24)25/h2-3,5-6,8-11,13H,4,7,12,14H2,1H3,(H,24,25)/b19-13+. The average molecular weight is 428 g/mol. The van der Waals surface area contributed by atoms with Crippen LogP contribution >= 0.6 is 24.0 Å². The third-order valence-corrected chi connectivity index (χ3v) is 5.74. The molecule has 0 spiro atoms. The van der Waals surface area contributed by atoms with E-state index in [4.69, 9.17) is 22.1 Å². The lowest BCUT2D eigenvalue weighted by molar-refractivity contribution is -0.137. The first kappa shape index (κ1) is 21.1.